The van der Waals surface area contributed by atoms with E-state index in [1.165, 1.54) is 0 Å². The Kier molecular flexibility index (Phi) is 4.22. The molecule has 4 rings (SSSR count). The van der Waals surface area contributed by atoms with Crippen LogP contribution in [-0.2, 0) is 0 Å². The minimum absolute atomic E-state index is 0.248. The number of aryl methyl sites for hydroxylation is 2. The molecule has 0 saturated heterocycles. The lowest BCUT2D eigenvalue weighted by atomic mass is 10.1. The summed E-state index contributed by atoms with van der Waals surface area (Å²) in [6.45, 7) is 3.73. The van der Waals surface area contributed by atoms with Crippen molar-refractivity contribution in [3.05, 3.63) is 64.4 Å². The van der Waals surface area contributed by atoms with Gasteiger partial charge in [-0.2, -0.15) is 9.36 Å². The van der Waals surface area contributed by atoms with Gasteiger partial charge in [-0.3, -0.25) is 10.1 Å². The number of furan rings is 1. The molecule has 1 N–H and O–H groups in total. The molecule has 2 aromatic heterocycles. The number of benzene rings is 2. The van der Waals surface area contributed by atoms with Crippen molar-refractivity contribution in [1.29, 1.82) is 0 Å². The van der Waals surface area contributed by atoms with Crippen LogP contribution in [0.2, 0.25) is 5.02 Å². The van der Waals surface area contributed by atoms with Crippen LogP contribution >= 0.6 is 23.1 Å². The number of hydrogen-bond donors (Lipinski definition) is 1. The molecule has 0 atom stereocenters. The molecule has 26 heavy (non-hydrogen) atoms. The molecule has 0 aliphatic heterocycles. The van der Waals surface area contributed by atoms with Crippen LogP contribution in [0.15, 0.2) is 46.9 Å². The van der Waals surface area contributed by atoms with Gasteiger partial charge in [-0.1, -0.05) is 41.9 Å². The van der Waals surface area contributed by atoms with Crippen molar-refractivity contribution in [2.75, 3.05) is 5.32 Å². The summed E-state index contributed by atoms with van der Waals surface area (Å²) >= 11 is 7.31. The molecule has 5 nitrogen and oxygen atoms in total. The molecule has 0 saturated carbocycles. The smallest absolute Gasteiger partial charge is 0.293 e. The van der Waals surface area contributed by atoms with Gasteiger partial charge in [0.25, 0.3) is 5.91 Å². The van der Waals surface area contributed by atoms with E-state index in [0.717, 1.165) is 33.6 Å². The Morgan fingerprint density at radius 1 is 1.19 bits per heavy atom. The third-order valence-corrected chi connectivity index (χ3v) is 5.14. The summed E-state index contributed by atoms with van der Waals surface area (Å²) in [5, 5.41) is 4.65. The van der Waals surface area contributed by atoms with Crippen molar-refractivity contribution in [2.45, 2.75) is 13.8 Å². The van der Waals surface area contributed by atoms with Crippen LogP contribution in [0.5, 0.6) is 0 Å². The Labute approximate surface area is 158 Å². The lowest BCUT2D eigenvalue weighted by Crippen LogP contribution is -2.11. The van der Waals surface area contributed by atoms with E-state index in [4.69, 9.17) is 16.0 Å². The average Bonchev–Trinajstić information content (AvgIpc) is 3.22. The Hall–Kier alpha value is -2.70. The van der Waals surface area contributed by atoms with E-state index >= 15 is 0 Å². The Morgan fingerprint density at radius 3 is 2.73 bits per heavy atom. The van der Waals surface area contributed by atoms with Gasteiger partial charge in [-0.25, -0.2) is 0 Å². The van der Waals surface area contributed by atoms with Gasteiger partial charge in [0.2, 0.25) is 5.13 Å². The van der Waals surface area contributed by atoms with Crippen LogP contribution in [-0.4, -0.2) is 15.3 Å². The van der Waals surface area contributed by atoms with Gasteiger partial charge in [0.15, 0.2) is 11.6 Å². The summed E-state index contributed by atoms with van der Waals surface area (Å²) in [6.07, 6.45) is 0. The Morgan fingerprint density at radius 2 is 1.96 bits per heavy atom. The molecule has 2 aromatic carbocycles. The predicted octanol–water partition coefficient (Wildman–Crippen LogP) is 5.47. The topological polar surface area (TPSA) is 68.0 Å². The number of fused-ring (bicyclic) bond motifs is 1. The molecule has 4 aromatic rings. The van der Waals surface area contributed by atoms with Crippen molar-refractivity contribution in [2.24, 2.45) is 0 Å². The first kappa shape index (κ1) is 16.8. The minimum Gasteiger partial charge on any atom is -0.451 e. The molecule has 1 amide bonds. The van der Waals surface area contributed by atoms with E-state index in [-0.39, 0.29) is 11.7 Å². The van der Waals surface area contributed by atoms with Crippen LogP contribution in [0.1, 0.15) is 21.7 Å². The van der Waals surface area contributed by atoms with Gasteiger partial charge in [0.1, 0.15) is 5.58 Å². The van der Waals surface area contributed by atoms with E-state index in [1.807, 2.05) is 56.3 Å². The molecule has 0 aliphatic carbocycles. The number of hydrogen-bond acceptors (Lipinski definition) is 5. The highest BCUT2D eigenvalue weighted by atomic mass is 35.5. The summed E-state index contributed by atoms with van der Waals surface area (Å²) in [5.74, 6) is 0.469. The van der Waals surface area contributed by atoms with Gasteiger partial charge in [-0.05, 0) is 31.5 Å². The number of nitrogens with zero attached hydrogens (tertiary/aromatic N) is 2. The SMILES string of the molecule is Cc1cc2oc(C(=O)Nc3nc(-c4ccccc4)ns3)c(C)c2cc1Cl. The van der Waals surface area contributed by atoms with Crippen LogP contribution in [0.3, 0.4) is 0 Å². The fourth-order valence-corrected chi connectivity index (χ4v) is 3.44. The highest BCUT2D eigenvalue weighted by Gasteiger charge is 2.20. The van der Waals surface area contributed by atoms with E-state index in [9.17, 15) is 4.79 Å². The summed E-state index contributed by atoms with van der Waals surface area (Å²) < 4.78 is 10.0. The molecule has 0 fully saturated rings. The number of amides is 1. The van der Waals surface area contributed by atoms with Gasteiger partial charge in [-0.15, -0.1) is 0 Å². The van der Waals surface area contributed by atoms with Crippen molar-refractivity contribution < 1.29 is 9.21 Å². The monoisotopic (exact) mass is 383 g/mol. The molecular formula is C19H14ClN3O2S. The van der Waals surface area contributed by atoms with Crippen molar-refractivity contribution in [1.82, 2.24) is 9.36 Å². The third-order valence-electron chi connectivity index (χ3n) is 4.10. The van der Waals surface area contributed by atoms with Gasteiger partial charge in [0, 0.05) is 33.1 Å². The first-order valence-corrected chi connectivity index (χ1v) is 9.08. The largest absolute Gasteiger partial charge is 0.451 e. The van der Waals surface area contributed by atoms with E-state index in [2.05, 4.69) is 14.7 Å². The summed E-state index contributed by atoms with van der Waals surface area (Å²) in [7, 11) is 0. The maximum Gasteiger partial charge on any atom is 0.293 e. The Balaban J connectivity index is 1.62. The summed E-state index contributed by atoms with van der Waals surface area (Å²) in [6, 6.07) is 13.3. The maximum atomic E-state index is 12.6. The number of carbonyl (C=O) groups excluding carboxylic acids is 1. The number of carbonyl (C=O) groups is 1. The molecule has 2 heterocycles. The zero-order chi connectivity index (χ0) is 18.3. The quantitative estimate of drug-likeness (QED) is 0.509. The van der Waals surface area contributed by atoms with Gasteiger partial charge < -0.3 is 4.42 Å². The molecule has 0 unspecified atom stereocenters. The second-order valence-electron chi connectivity index (χ2n) is 5.90. The Bertz CT molecular complexity index is 1120. The number of anilines is 1. The first-order chi connectivity index (χ1) is 12.5. The van der Waals surface area contributed by atoms with Crippen molar-refractivity contribution in [3.63, 3.8) is 0 Å². The van der Waals surface area contributed by atoms with Gasteiger partial charge in [0.05, 0.1) is 0 Å². The average molecular weight is 384 g/mol. The fourth-order valence-electron chi connectivity index (χ4n) is 2.69. The fraction of sp³-hybridized carbons (Fsp3) is 0.105. The lowest BCUT2D eigenvalue weighted by molar-refractivity contribution is 0.0998. The highest BCUT2D eigenvalue weighted by Crippen LogP contribution is 2.31. The van der Waals surface area contributed by atoms with Crippen molar-refractivity contribution >= 4 is 45.1 Å². The normalized spacial score (nSPS) is 11.0. The minimum atomic E-state index is -0.358. The number of aromatic nitrogens is 2. The molecule has 0 aliphatic rings. The molecule has 0 bridgehead atoms. The molecule has 7 heteroatoms. The predicted molar refractivity (Wildman–Crippen MR) is 104 cm³/mol. The highest BCUT2D eigenvalue weighted by molar-refractivity contribution is 7.10. The first-order valence-electron chi connectivity index (χ1n) is 7.92. The summed E-state index contributed by atoms with van der Waals surface area (Å²) in [5.41, 5.74) is 3.18. The number of rotatable bonds is 3. The van der Waals surface area contributed by atoms with E-state index in [0.29, 0.717) is 21.6 Å². The molecule has 0 spiro atoms. The number of halogens is 1. The van der Waals surface area contributed by atoms with Crippen LogP contribution in [0, 0.1) is 13.8 Å². The molecule has 0 radical (unpaired) electrons. The second-order valence-corrected chi connectivity index (χ2v) is 7.06. The van der Waals surface area contributed by atoms with Crippen LogP contribution in [0.25, 0.3) is 22.4 Å². The van der Waals surface area contributed by atoms with Crippen molar-refractivity contribution in [3.8, 4) is 11.4 Å². The van der Waals surface area contributed by atoms with Crippen LogP contribution in [0.4, 0.5) is 5.13 Å². The second kappa shape index (κ2) is 6.55. The zero-order valence-electron chi connectivity index (χ0n) is 14.0. The number of nitrogens with one attached hydrogen (secondary N) is 1. The van der Waals surface area contributed by atoms with Gasteiger partial charge >= 0.3 is 0 Å². The zero-order valence-corrected chi connectivity index (χ0v) is 15.6. The maximum absolute atomic E-state index is 12.6. The van der Waals surface area contributed by atoms with E-state index in [1.54, 1.807) is 0 Å². The standard InChI is InChI=1S/C19H14ClN3O2S/c1-10-8-15-13(9-14(10)20)11(2)16(25-15)18(24)22-19-21-17(23-26-19)12-6-4-3-5-7-12/h3-9H,1-2H3,(H,21,22,23,24). The molecular weight excluding hydrogens is 370 g/mol. The summed E-state index contributed by atoms with van der Waals surface area (Å²) in [4.78, 5) is 17.0. The van der Waals surface area contributed by atoms with Crippen LogP contribution < -0.4 is 5.32 Å². The molecule has 130 valence electrons. The van der Waals surface area contributed by atoms with E-state index < -0.39 is 0 Å². The third kappa shape index (κ3) is 2.98. The lowest BCUT2D eigenvalue weighted by Gasteiger charge is -1.98.